The minimum atomic E-state index is 0.442. The highest BCUT2D eigenvalue weighted by atomic mass is 35.5. The third kappa shape index (κ3) is 1.08. The molecular formula is C7H9ClN4. The molecule has 12 heavy (non-hydrogen) atoms. The average Bonchev–Trinajstić information content (AvgIpc) is 2.46. The van der Waals surface area contributed by atoms with E-state index in [0.717, 1.165) is 17.9 Å². The van der Waals surface area contributed by atoms with Crippen molar-refractivity contribution in [3.05, 3.63) is 11.8 Å². The minimum absolute atomic E-state index is 0.442. The third-order valence-corrected chi connectivity index (χ3v) is 2.04. The van der Waals surface area contributed by atoms with E-state index in [-0.39, 0.29) is 0 Å². The Morgan fingerprint density at radius 3 is 3.33 bits per heavy atom. The maximum atomic E-state index is 5.73. The van der Waals surface area contributed by atoms with Crippen molar-refractivity contribution in [2.75, 3.05) is 5.32 Å². The van der Waals surface area contributed by atoms with E-state index in [4.69, 9.17) is 11.6 Å². The Morgan fingerprint density at radius 2 is 2.58 bits per heavy atom. The zero-order valence-corrected chi connectivity index (χ0v) is 7.47. The SMILES string of the molecule is CCn1ncc2c1NC(Cl)=NC2. The van der Waals surface area contributed by atoms with Gasteiger partial charge in [0.15, 0.2) is 5.29 Å². The van der Waals surface area contributed by atoms with Crippen LogP contribution in [0.5, 0.6) is 0 Å². The van der Waals surface area contributed by atoms with Crippen molar-refractivity contribution in [1.29, 1.82) is 0 Å². The van der Waals surface area contributed by atoms with Gasteiger partial charge in [0.2, 0.25) is 0 Å². The first-order valence-corrected chi connectivity index (χ1v) is 4.20. The summed E-state index contributed by atoms with van der Waals surface area (Å²) in [5.74, 6) is 0.970. The number of fused-ring (bicyclic) bond motifs is 1. The van der Waals surface area contributed by atoms with Crippen molar-refractivity contribution in [2.24, 2.45) is 4.99 Å². The van der Waals surface area contributed by atoms with Gasteiger partial charge in [-0.25, -0.2) is 4.68 Å². The van der Waals surface area contributed by atoms with Gasteiger partial charge in [-0.1, -0.05) is 0 Å². The van der Waals surface area contributed by atoms with Gasteiger partial charge in [0.05, 0.1) is 12.7 Å². The van der Waals surface area contributed by atoms with Crippen LogP contribution in [-0.4, -0.2) is 15.1 Å². The molecule has 64 valence electrons. The lowest BCUT2D eigenvalue weighted by Gasteiger charge is -2.12. The maximum Gasteiger partial charge on any atom is 0.197 e. The van der Waals surface area contributed by atoms with Gasteiger partial charge in [0.25, 0.3) is 0 Å². The normalized spacial score (nSPS) is 15.0. The molecule has 0 unspecified atom stereocenters. The van der Waals surface area contributed by atoms with Gasteiger partial charge in [-0.05, 0) is 18.5 Å². The predicted molar refractivity (Wildman–Crippen MR) is 48.5 cm³/mol. The van der Waals surface area contributed by atoms with E-state index in [1.807, 2.05) is 17.8 Å². The van der Waals surface area contributed by atoms with E-state index in [0.29, 0.717) is 11.8 Å². The first kappa shape index (κ1) is 7.61. The van der Waals surface area contributed by atoms with Gasteiger partial charge < -0.3 is 5.32 Å². The third-order valence-electron chi connectivity index (χ3n) is 1.82. The van der Waals surface area contributed by atoms with Crippen LogP contribution in [0.1, 0.15) is 12.5 Å². The van der Waals surface area contributed by atoms with E-state index in [1.54, 1.807) is 0 Å². The minimum Gasteiger partial charge on any atom is -0.315 e. The van der Waals surface area contributed by atoms with Crippen LogP contribution in [0.4, 0.5) is 5.82 Å². The zero-order valence-electron chi connectivity index (χ0n) is 6.71. The Kier molecular flexibility index (Phi) is 1.77. The fraction of sp³-hybridized carbons (Fsp3) is 0.429. The first-order valence-electron chi connectivity index (χ1n) is 3.83. The van der Waals surface area contributed by atoms with Crippen molar-refractivity contribution in [1.82, 2.24) is 9.78 Å². The van der Waals surface area contributed by atoms with E-state index < -0.39 is 0 Å². The van der Waals surface area contributed by atoms with Crippen molar-refractivity contribution < 1.29 is 0 Å². The highest BCUT2D eigenvalue weighted by Crippen LogP contribution is 2.20. The smallest absolute Gasteiger partial charge is 0.197 e. The lowest BCUT2D eigenvalue weighted by atomic mass is 10.3. The van der Waals surface area contributed by atoms with Crippen molar-refractivity contribution in [3.8, 4) is 0 Å². The fourth-order valence-electron chi connectivity index (χ4n) is 1.22. The molecule has 0 fully saturated rings. The summed E-state index contributed by atoms with van der Waals surface area (Å²) in [7, 11) is 0. The second-order valence-corrected chi connectivity index (χ2v) is 2.92. The van der Waals surface area contributed by atoms with Crippen LogP contribution in [0.25, 0.3) is 0 Å². The molecule has 1 aliphatic rings. The number of nitrogens with one attached hydrogen (secondary N) is 1. The number of nitrogens with zero attached hydrogens (tertiary/aromatic N) is 3. The maximum absolute atomic E-state index is 5.73. The molecule has 0 aromatic carbocycles. The molecule has 5 heteroatoms. The molecule has 0 amide bonds. The van der Waals surface area contributed by atoms with Gasteiger partial charge in [-0.2, -0.15) is 5.10 Å². The molecule has 2 heterocycles. The number of hydrogen-bond donors (Lipinski definition) is 1. The average molecular weight is 185 g/mol. The summed E-state index contributed by atoms with van der Waals surface area (Å²) in [6, 6.07) is 0. The Hall–Kier alpha value is -1.03. The fourth-order valence-corrected chi connectivity index (χ4v) is 1.37. The van der Waals surface area contributed by atoms with Gasteiger partial charge in [0, 0.05) is 12.1 Å². The monoisotopic (exact) mass is 184 g/mol. The van der Waals surface area contributed by atoms with E-state index in [9.17, 15) is 0 Å². The van der Waals surface area contributed by atoms with Crippen LogP contribution in [-0.2, 0) is 13.1 Å². The number of aryl methyl sites for hydroxylation is 1. The number of hydrogen-bond acceptors (Lipinski definition) is 3. The Labute approximate surface area is 75.2 Å². The second kappa shape index (κ2) is 2.79. The molecule has 0 spiro atoms. The molecule has 4 nitrogen and oxygen atoms in total. The van der Waals surface area contributed by atoms with Crippen LogP contribution in [0.15, 0.2) is 11.2 Å². The summed E-state index contributed by atoms with van der Waals surface area (Å²) < 4.78 is 1.87. The van der Waals surface area contributed by atoms with Crippen LogP contribution >= 0.6 is 11.6 Å². The van der Waals surface area contributed by atoms with E-state index in [2.05, 4.69) is 15.4 Å². The molecule has 1 aromatic heterocycles. The molecule has 0 bridgehead atoms. The number of rotatable bonds is 1. The molecule has 0 saturated heterocycles. The number of aromatic nitrogens is 2. The second-order valence-electron chi connectivity index (χ2n) is 2.57. The van der Waals surface area contributed by atoms with Crippen molar-refractivity contribution >= 4 is 22.7 Å². The van der Waals surface area contributed by atoms with Crippen molar-refractivity contribution in [2.45, 2.75) is 20.0 Å². The lowest BCUT2D eigenvalue weighted by molar-refractivity contribution is 0.668. The standard InChI is InChI=1S/C7H9ClN4/c1-2-12-6-5(4-10-12)3-9-7(8)11-6/h4H,2-3H2,1H3,(H,9,11). The van der Waals surface area contributed by atoms with Gasteiger partial charge in [-0.15, -0.1) is 0 Å². The Bertz CT molecular complexity index is 328. The molecule has 0 saturated carbocycles. The summed E-state index contributed by atoms with van der Waals surface area (Å²) in [6.45, 7) is 3.50. The van der Waals surface area contributed by atoms with Crippen LogP contribution < -0.4 is 5.32 Å². The van der Waals surface area contributed by atoms with Crippen LogP contribution in [0.3, 0.4) is 0 Å². The molecule has 1 aromatic rings. The number of anilines is 1. The molecule has 0 atom stereocenters. The molecular weight excluding hydrogens is 176 g/mol. The molecule has 1 N–H and O–H groups in total. The highest BCUT2D eigenvalue weighted by molar-refractivity contribution is 6.67. The first-order chi connectivity index (χ1) is 5.81. The highest BCUT2D eigenvalue weighted by Gasteiger charge is 2.14. The Morgan fingerprint density at radius 1 is 1.75 bits per heavy atom. The van der Waals surface area contributed by atoms with Gasteiger partial charge >= 0.3 is 0 Å². The topological polar surface area (TPSA) is 42.2 Å². The Balaban J connectivity index is 2.39. The largest absolute Gasteiger partial charge is 0.315 e. The van der Waals surface area contributed by atoms with Gasteiger partial charge in [0.1, 0.15) is 5.82 Å². The summed E-state index contributed by atoms with van der Waals surface area (Å²) >= 11 is 5.73. The van der Waals surface area contributed by atoms with E-state index in [1.165, 1.54) is 0 Å². The predicted octanol–water partition coefficient (Wildman–Crippen LogP) is 1.42. The summed E-state index contributed by atoms with van der Waals surface area (Å²) in [6.07, 6.45) is 1.82. The number of amidine groups is 1. The molecule has 0 aliphatic carbocycles. The van der Waals surface area contributed by atoms with Crippen LogP contribution in [0, 0.1) is 0 Å². The summed E-state index contributed by atoms with van der Waals surface area (Å²) in [5.41, 5.74) is 1.10. The van der Waals surface area contributed by atoms with E-state index >= 15 is 0 Å². The zero-order chi connectivity index (χ0) is 8.55. The quantitative estimate of drug-likeness (QED) is 0.671. The summed E-state index contributed by atoms with van der Waals surface area (Å²) in [4.78, 5) is 4.04. The van der Waals surface area contributed by atoms with Gasteiger partial charge in [-0.3, -0.25) is 4.99 Å². The lowest BCUT2D eigenvalue weighted by Crippen LogP contribution is -2.15. The summed E-state index contributed by atoms with van der Waals surface area (Å²) in [5, 5.41) is 7.59. The molecule has 2 rings (SSSR count). The molecule has 1 aliphatic heterocycles. The molecule has 0 radical (unpaired) electrons. The number of halogens is 1. The van der Waals surface area contributed by atoms with Crippen LogP contribution in [0.2, 0.25) is 0 Å². The number of aliphatic imine (C=N–C) groups is 1. The van der Waals surface area contributed by atoms with Crippen molar-refractivity contribution in [3.63, 3.8) is 0 Å².